The van der Waals surface area contributed by atoms with Crippen molar-refractivity contribution in [1.82, 2.24) is 0 Å². The third-order valence-electron chi connectivity index (χ3n) is 3.12. The highest BCUT2D eigenvalue weighted by atomic mass is 16.4. The molecule has 0 bridgehead atoms. The number of hydrogen-bond donors (Lipinski definition) is 1. The van der Waals surface area contributed by atoms with E-state index in [1.165, 1.54) is 5.56 Å². The predicted octanol–water partition coefficient (Wildman–Crippen LogP) is 3.23. The van der Waals surface area contributed by atoms with E-state index in [2.05, 4.69) is 0 Å². The number of aryl methyl sites for hydroxylation is 2. The SMILES string of the molecule is Cc1ccccc1N(C)Cc1cc(C(=O)O)c(C)o1. The van der Waals surface area contributed by atoms with Crippen LogP contribution >= 0.6 is 0 Å². The molecular weight excluding hydrogens is 242 g/mol. The molecule has 1 heterocycles. The Morgan fingerprint density at radius 2 is 2.00 bits per heavy atom. The number of anilines is 1. The maximum absolute atomic E-state index is 11.0. The molecule has 0 atom stereocenters. The number of benzene rings is 1. The molecule has 0 spiro atoms. The van der Waals surface area contributed by atoms with Crippen LogP contribution in [0.5, 0.6) is 0 Å². The molecule has 2 aromatic rings. The lowest BCUT2D eigenvalue weighted by Gasteiger charge is -2.19. The van der Waals surface area contributed by atoms with E-state index >= 15 is 0 Å². The van der Waals surface area contributed by atoms with Gasteiger partial charge in [0, 0.05) is 12.7 Å². The molecular formula is C15H17NO3. The quantitative estimate of drug-likeness (QED) is 0.915. The zero-order chi connectivity index (χ0) is 14.0. The first-order valence-corrected chi connectivity index (χ1v) is 6.08. The monoisotopic (exact) mass is 259 g/mol. The minimum Gasteiger partial charge on any atom is -0.478 e. The first-order valence-electron chi connectivity index (χ1n) is 6.08. The Hall–Kier alpha value is -2.23. The second kappa shape index (κ2) is 5.18. The number of furan rings is 1. The molecule has 0 saturated carbocycles. The number of nitrogens with zero attached hydrogens (tertiary/aromatic N) is 1. The van der Waals surface area contributed by atoms with E-state index in [0.29, 0.717) is 18.1 Å². The Labute approximate surface area is 112 Å². The average molecular weight is 259 g/mol. The van der Waals surface area contributed by atoms with Crippen LogP contribution in [-0.4, -0.2) is 18.1 Å². The fraction of sp³-hybridized carbons (Fsp3) is 0.267. The average Bonchev–Trinajstić information content (AvgIpc) is 2.70. The summed E-state index contributed by atoms with van der Waals surface area (Å²) in [6.45, 7) is 4.25. The van der Waals surface area contributed by atoms with E-state index in [1.54, 1.807) is 13.0 Å². The van der Waals surface area contributed by atoms with Gasteiger partial charge in [-0.15, -0.1) is 0 Å². The van der Waals surface area contributed by atoms with E-state index < -0.39 is 5.97 Å². The number of carboxylic acid groups (broad SMARTS) is 1. The fourth-order valence-corrected chi connectivity index (χ4v) is 2.14. The molecule has 0 aliphatic heterocycles. The number of para-hydroxylation sites is 1. The molecule has 0 saturated heterocycles. The third kappa shape index (κ3) is 2.78. The molecule has 1 N–H and O–H groups in total. The molecule has 0 fully saturated rings. The van der Waals surface area contributed by atoms with Crippen LogP contribution < -0.4 is 4.90 Å². The van der Waals surface area contributed by atoms with Crippen LogP contribution in [0, 0.1) is 13.8 Å². The van der Waals surface area contributed by atoms with Gasteiger partial charge in [0.2, 0.25) is 0 Å². The lowest BCUT2D eigenvalue weighted by molar-refractivity contribution is 0.0695. The standard InChI is InChI=1S/C15H17NO3/c1-10-6-4-5-7-14(10)16(3)9-12-8-13(15(17)18)11(2)19-12/h4-8H,9H2,1-3H3,(H,17,18). The molecule has 19 heavy (non-hydrogen) atoms. The Kier molecular flexibility index (Phi) is 3.60. The van der Waals surface area contributed by atoms with Crippen LogP contribution in [0.3, 0.4) is 0 Å². The molecule has 100 valence electrons. The Balaban J connectivity index is 2.20. The van der Waals surface area contributed by atoms with Gasteiger partial charge in [-0.25, -0.2) is 4.79 Å². The van der Waals surface area contributed by atoms with Crippen LogP contribution in [0.2, 0.25) is 0 Å². The molecule has 4 nitrogen and oxygen atoms in total. The first-order chi connectivity index (χ1) is 8.99. The van der Waals surface area contributed by atoms with E-state index in [9.17, 15) is 4.79 Å². The van der Waals surface area contributed by atoms with E-state index in [4.69, 9.17) is 9.52 Å². The van der Waals surface area contributed by atoms with Gasteiger partial charge in [0.25, 0.3) is 0 Å². The van der Waals surface area contributed by atoms with Gasteiger partial charge in [-0.05, 0) is 31.5 Å². The van der Waals surface area contributed by atoms with Crippen LogP contribution in [-0.2, 0) is 6.54 Å². The minimum absolute atomic E-state index is 0.230. The summed E-state index contributed by atoms with van der Waals surface area (Å²) in [6, 6.07) is 9.64. The molecule has 0 amide bonds. The molecule has 0 aliphatic rings. The molecule has 0 unspecified atom stereocenters. The van der Waals surface area contributed by atoms with Gasteiger partial charge in [0.1, 0.15) is 17.1 Å². The predicted molar refractivity (Wildman–Crippen MR) is 73.7 cm³/mol. The molecule has 0 radical (unpaired) electrons. The van der Waals surface area contributed by atoms with E-state index in [1.807, 2.05) is 43.1 Å². The van der Waals surface area contributed by atoms with Gasteiger partial charge in [-0.3, -0.25) is 0 Å². The largest absolute Gasteiger partial charge is 0.478 e. The summed E-state index contributed by atoms with van der Waals surface area (Å²) in [5, 5.41) is 9.00. The number of carboxylic acids is 1. The maximum Gasteiger partial charge on any atom is 0.339 e. The topological polar surface area (TPSA) is 53.7 Å². The summed E-state index contributed by atoms with van der Waals surface area (Å²) < 4.78 is 5.49. The van der Waals surface area contributed by atoms with Crippen LogP contribution in [0.4, 0.5) is 5.69 Å². The first kappa shape index (κ1) is 13.2. The summed E-state index contributed by atoms with van der Waals surface area (Å²) in [7, 11) is 1.96. The number of rotatable bonds is 4. The second-order valence-electron chi connectivity index (χ2n) is 4.63. The zero-order valence-corrected chi connectivity index (χ0v) is 11.3. The van der Waals surface area contributed by atoms with Crippen molar-refractivity contribution in [2.75, 3.05) is 11.9 Å². The van der Waals surface area contributed by atoms with E-state index in [0.717, 1.165) is 5.69 Å². The van der Waals surface area contributed by atoms with Crippen molar-refractivity contribution in [3.63, 3.8) is 0 Å². The highest BCUT2D eigenvalue weighted by Gasteiger charge is 2.15. The molecule has 1 aromatic carbocycles. The highest BCUT2D eigenvalue weighted by molar-refractivity contribution is 5.88. The maximum atomic E-state index is 11.0. The van der Waals surface area contributed by atoms with Crippen molar-refractivity contribution in [3.8, 4) is 0 Å². The van der Waals surface area contributed by atoms with Gasteiger partial charge < -0.3 is 14.4 Å². The summed E-state index contributed by atoms with van der Waals surface area (Å²) in [5.41, 5.74) is 2.51. The number of hydrogen-bond acceptors (Lipinski definition) is 3. The normalized spacial score (nSPS) is 10.5. The van der Waals surface area contributed by atoms with Crippen molar-refractivity contribution in [3.05, 3.63) is 53.0 Å². The Morgan fingerprint density at radius 3 is 2.58 bits per heavy atom. The number of aromatic carboxylic acids is 1. The molecule has 1 aromatic heterocycles. The van der Waals surface area contributed by atoms with Crippen LogP contribution in [0.25, 0.3) is 0 Å². The fourth-order valence-electron chi connectivity index (χ4n) is 2.14. The van der Waals surface area contributed by atoms with Crippen molar-refractivity contribution >= 4 is 11.7 Å². The Bertz CT molecular complexity index is 601. The minimum atomic E-state index is -0.953. The van der Waals surface area contributed by atoms with Gasteiger partial charge in [-0.1, -0.05) is 18.2 Å². The van der Waals surface area contributed by atoms with Crippen molar-refractivity contribution in [2.45, 2.75) is 20.4 Å². The number of carbonyl (C=O) groups is 1. The third-order valence-corrected chi connectivity index (χ3v) is 3.12. The van der Waals surface area contributed by atoms with Crippen molar-refractivity contribution in [2.24, 2.45) is 0 Å². The van der Waals surface area contributed by atoms with Gasteiger partial charge in [0.15, 0.2) is 0 Å². The Morgan fingerprint density at radius 1 is 1.32 bits per heavy atom. The lowest BCUT2D eigenvalue weighted by Crippen LogP contribution is -2.16. The second-order valence-corrected chi connectivity index (χ2v) is 4.63. The summed E-state index contributed by atoms with van der Waals surface area (Å²) in [4.78, 5) is 13.0. The van der Waals surface area contributed by atoms with Crippen LogP contribution in [0.1, 0.15) is 27.4 Å². The zero-order valence-electron chi connectivity index (χ0n) is 11.3. The lowest BCUT2D eigenvalue weighted by atomic mass is 10.2. The summed E-state index contributed by atoms with van der Waals surface area (Å²) in [5.74, 6) is 0.146. The van der Waals surface area contributed by atoms with Crippen LogP contribution in [0.15, 0.2) is 34.7 Å². The summed E-state index contributed by atoms with van der Waals surface area (Å²) in [6.07, 6.45) is 0. The summed E-state index contributed by atoms with van der Waals surface area (Å²) >= 11 is 0. The van der Waals surface area contributed by atoms with Crippen molar-refractivity contribution < 1.29 is 14.3 Å². The highest BCUT2D eigenvalue weighted by Crippen LogP contribution is 2.22. The van der Waals surface area contributed by atoms with Crippen molar-refractivity contribution in [1.29, 1.82) is 0 Å². The van der Waals surface area contributed by atoms with Gasteiger partial charge in [-0.2, -0.15) is 0 Å². The molecule has 2 rings (SSSR count). The molecule has 4 heteroatoms. The van der Waals surface area contributed by atoms with E-state index in [-0.39, 0.29) is 5.56 Å². The van der Waals surface area contributed by atoms with Gasteiger partial charge >= 0.3 is 5.97 Å². The smallest absolute Gasteiger partial charge is 0.339 e. The van der Waals surface area contributed by atoms with Gasteiger partial charge in [0.05, 0.1) is 6.54 Å². The molecule has 0 aliphatic carbocycles.